The summed E-state index contributed by atoms with van der Waals surface area (Å²) in [5, 5.41) is 3.26. The Labute approximate surface area is 132 Å². The lowest BCUT2D eigenvalue weighted by Crippen LogP contribution is -2.22. The normalized spacial score (nSPS) is 9.95. The van der Waals surface area contributed by atoms with Crippen LogP contribution in [0.5, 0.6) is 5.75 Å². The van der Waals surface area contributed by atoms with Crippen molar-refractivity contribution >= 4 is 40.4 Å². The highest BCUT2D eigenvalue weighted by molar-refractivity contribution is 7.80. The second-order valence-corrected chi connectivity index (χ2v) is 5.08. The van der Waals surface area contributed by atoms with Crippen LogP contribution in [0.4, 0.5) is 5.69 Å². The first kappa shape index (κ1) is 15.3. The third-order valence-electron chi connectivity index (χ3n) is 2.63. The maximum atomic E-state index is 11.9. The van der Waals surface area contributed by atoms with Gasteiger partial charge in [0.25, 0.3) is 5.91 Å². The van der Waals surface area contributed by atoms with E-state index in [2.05, 4.69) is 5.32 Å². The highest BCUT2D eigenvalue weighted by Crippen LogP contribution is 2.18. The van der Waals surface area contributed by atoms with E-state index in [1.165, 1.54) is 0 Å². The Kier molecular flexibility index (Phi) is 5.14. The van der Waals surface area contributed by atoms with Crippen LogP contribution in [-0.2, 0) is 4.79 Å². The molecule has 1 amide bonds. The summed E-state index contributed by atoms with van der Waals surface area (Å²) in [6, 6.07) is 13.9. The minimum atomic E-state index is -0.307. The Morgan fingerprint density at radius 2 is 2.00 bits per heavy atom. The van der Waals surface area contributed by atoms with Crippen molar-refractivity contribution in [2.45, 2.75) is 0 Å². The van der Waals surface area contributed by atoms with Crippen LogP contribution in [0.15, 0.2) is 48.5 Å². The quantitative estimate of drug-likeness (QED) is 0.831. The lowest BCUT2D eigenvalue weighted by molar-refractivity contribution is -0.118. The fraction of sp³-hybridized carbons (Fsp3) is 0.0667. The monoisotopic (exact) mass is 320 g/mol. The fourth-order valence-electron chi connectivity index (χ4n) is 1.70. The molecular formula is C15H13ClN2O2S. The standard InChI is InChI=1S/C15H13ClN2O2S/c16-10-4-3-5-11(8-10)20-9-14(19)18-13-7-2-1-6-12(13)15(17)21/h1-8H,9H2,(H2,17,21)(H,18,19). The van der Waals surface area contributed by atoms with Gasteiger partial charge in [0.05, 0.1) is 5.69 Å². The van der Waals surface area contributed by atoms with E-state index in [1.54, 1.807) is 48.5 Å². The molecule has 0 radical (unpaired) electrons. The number of hydrogen-bond acceptors (Lipinski definition) is 3. The molecule has 0 saturated heterocycles. The predicted molar refractivity (Wildman–Crippen MR) is 87.9 cm³/mol. The van der Waals surface area contributed by atoms with Gasteiger partial charge in [0, 0.05) is 10.6 Å². The van der Waals surface area contributed by atoms with E-state index in [0.29, 0.717) is 22.0 Å². The van der Waals surface area contributed by atoms with Gasteiger partial charge in [-0.2, -0.15) is 0 Å². The summed E-state index contributed by atoms with van der Waals surface area (Å²) >= 11 is 10.8. The molecule has 4 nitrogen and oxygen atoms in total. The summed E-state index contributed by atoms with van der Waals surface area (Å²) in [6.07, 6.45) is 0. The molecule has 2 aromatic carbocycles. The summed E-state index contributed by atoms with van der Waals surface area (Å²) < 4.78 is 5.36. The zero-order valence-electron chi connectivity index (χ0n) is 11.0. The van der Waals surface area contributed by atoms with Gasteiger partial charge in [-0.15, -0.1) is 0 Å². The second-order valence-electron chi connectivity index (χ2n) is 4.20. The van der Waals surface area contributed by atoms with Crippen molar-refractivity contribution in [3.63, 3.8) is 0 Å². The van der Waals surface area contributed by atoms with Crippen molar-refractivity contribution in [3.8, 4) is 5.75 Å². The van der Waals surface area contributed by atoms with Crippen LogP contribution >= 0.6 is 23.8 Å². The molecule has 6 heteroatoms. The van der Waals surface area contributed by atoms with Gasteiger partial charge in [-0.05, 0) is 30.3 Å². The molecule has 0 aliphatic heterocycles. The van der Waals surface area contributed by atoms with Gasteiger partial charge in [-0.1, -0.05) is 42.0 Å². The molecule has 0 bridgehead atoms. The third-order valence-corrected chi connectivity index (χ3v) is 3.09. The number of carbonyl (C=O) groups excluding carboxylic acids is 1. The average molecular weight is 321 g/mol. The van der Waals surface area contributed by atoms with Crippen LogP contribution in [0.3, 0.4) is 0 Å². The number of halogens is 1. The zero-order valence-corrected chi connectivity index (χ0v) is 12.6. The highest BCUT2D eigenvalue weighted by atomic mass is 35.5. The minimum Gasteiger partial charge on any atom is -0.484 e. The highest BCUT2D eigenvalue weighted by Gasteiger charge is 2.09. The molecule has 3 N–H and O–H groups in total. The number of nitrogens with one attached hydrogen (secondary N) is 1. The molecule has 0 fully saturated rings. The number of para-hydroxylation sites is 1. The Balaban J connectivity index is 1.98. The molecule has 2 aromatic rings. The maximum Gasteiger partial charge on any atom is 0.262 e. The van der Waals surface area contributed by atoms with E-state index in [4.69, 9.17) is 34.3 Å². The van der Waals surface area contributed by atoms with Crippen molar-refractivity contribution in [1.29, 1.82) is 0 Å². The first-order chi connectivity index (χ1) is 10.1. The van der Waals surface area contributed by atoms with Crippen molar-refractivity contribution in [1.82, 2.24) is 0 Å². The van der Waals surface area contributed by atoms with Crippen molar-refractivity contribution in [3.05, 3.63) is 59.1 Å². The van der Waals surface area contributed by atoms with E-state index in [1.807, 2.05) is 0 Å². The zero-order chi connectivity index (χ0) is 15.2. The smallest absolute Gasteiger partial charge is 0.262 e. The number of ether oxygens (including phenoxy) is 1. The van der Waals surface area contributed by atoms with Crippen LogP contribution in [0.1, 0.15) is 5.56 Å². The van der Waals surface area contributed by atoms with Gasteiger partial charge in [-0.25, -0.2) is 0 Å². The topological polar surface area (TPSA) is 64.3 Å². The maximum absolute atomic E-state index is 11.9. The molecule has 2 rings (SSSR count). The SMILES string of the molecule is NC(=S)c1ccccc1NC(=O)COc1cccc(Cl)c1. The number of thiocarbonyl (C=S) groups is 1. The summed E-state index contributed by atoms with van der Waals surface area (Å²) in [5.74, 6) is 0.221. The number of amides is 1. The minimum absolute atomic E-state index is 0.133. The summed E-state index contributed by atoms with van der Waals surface area (Å²) in [4.78, 5) is 12.1. The van der Waals surface area contributed by atoms with Gasteiger partial charge < -0.3 is 15.8 Å². The Morgan fingerprint density at radius 1 is 1.24 bits per heavy atom. The summed E-state index contributed by atoms with van der Waals surface area (Å²) in [5.41, 5.74) is 6.78. The van der Waals surface area contributed by atoms with Crippen molar-refractivity contribution < 1.29 is 9.53 Å². The van der Waals surface area contributed by atoms with Crippen molar-refractivity contribution in [2.75, 3.05) is 11.9 Å². The molecule has 0 saturated carbocycles. The Morgan fingerprint density at radius 3 is 2.71 bits per heavy atom. The van der Waals surface area contributed by atoms with E-state index >= 15 is 0 Å². The molecule has 0 atom stereocenters. The molecule has 0 aliphatic rings. The number of rotatable bonds is 5. The van der Waals surface area contributed by atoms with E-state index in [-0.39, 0.29) is 17.5 Å². The van der Waals surface area contributed by atoms with Crippen molar-refractivity contribution in [2.24, 2.45) is 5.73 Å². The lowest BCUT2D eigenvalue weighted by atomic mass is 10.2. The largest absolute Gasteiger partial charge is 0.484 e. The van der Waals surface area contributed by atoms with Crippen LogP contribution in [0.25, 0.3) is 0 Å². The Bertz CT molecular complexity index is 676. The lowest BCUT2D eigenvalue weighted by Gasteiger charge is -2.10. The fourth-order valence-corrected chi connectivity index (χ4v) is 2.06. The molecule has 0 aromatic heterocycles. The summed E-state index contributed by atoms with van der Waals surface area (Å²) in [7, 11) is 0. The van der Waals surface area contributed by atoms with Crippen LogP contribution in [-0.4, -0.2) is 17.5 Å². The van der Waals surface area contributed by atoms with Gasteiger partial charge in [0.15, 0.2) is 6.61 Å². The first-order valence-corrected chi connectivity index (χ1v) is 6.92. The van der Waals surface area contributed by atoms with Crippen LogP contribution in [0, 0.1) is 0 Å². The van der Waals surface area contributed by atoms with E-state index < -0.39 is 0 Å². The number of nitrogens with two attached hydrogens (primary N) is 1. The van der Waals surface area contributed by atoms with Gasteiger partial charge >= 0.3 is 0 Å². The molecule has 0 heterocycles. The van der Waals surface area contributed by atoms with E-state index in [0.717, 1.165) is 0 Å². The van der Waals surface area contributed by atoms with Crippen LogP contribution < -0.4 is 15.8 Å². The molecule has 0 spiro atoms. The number of anilines is 1. The second kappa shape index (κ2) is 7.06. The Hall–Kier alpha value is -2.11. The van der Waals surface area contributed by atoms with Gasteiger partial charge in [-0.3, -0.25) is 4.79 Å². The summed E-state index contributed by atoms with van der Waals surface area (Å²) in [6.45, 7) is -0.133. The van der Waals surface area contributed by atoms with Gasteiger partial charge in [0.2, 0.25) is 0 Å². The number of carbonyl (C=O) groups is 1. The molecule has 21 heavy (non-hydrogen) atoms. The average Bonchev–Trinajstić information content (AvgIpc) is 2.45. The first-order valence-electron chi connectivity index (χ1n) is 6.13. The third kappa shape index (κ3) is 4.44. The number of benzene rings is 2. The molecular weight excluding hydrogens is 308 g/mol. The van der Waals surface area contributed by atoms with Gasteiger partial charge in [0.1, 0.15) is 10.7 Å². The molecule has 108 valence electrons. The molecule has 0 unspecified atom stereocenters. The van der Waals surface area contributed by atoms with E-state index in [9.17, 15) is 4.79 Å². The predicted octanol–water partition coefficient (Wildman–Crippen LogP) is 2.99. The molecule has 0 aliphatic carbocycles. The van der Waals surface area contributed by atoms with Crippen LogP contribution in [0.2, 0.25) is 5.02 Å². The number of hydrogen-bond donors (Lipinski definition) is 2.